The summed E-state index contributed by atoms with van der Waals surface area (Å²) in [4.78, 5) is 13.0. The van der Waals surface area contributed by atoms with Crippen LogP contribution in [-0.2, 0) is 6.42 Å². The van der Waals surface area contributed by atoms with Gasteiger partial charge in [-0.05, 0) is 31.5 Å². The van der Waals surface area contributed by atoms with E-state index in [0.717, 1.165) is 16.2 Å². The molecule has 0 radical (unpaired) electrons. The molecule has 2 rings (SSSR count). The Balaban J connectivity index is 2.01. The Bertz CT molecular complexity index is 795. The molecule has 1 atom stereocenters. The molecular formula is C16H18F4N4O2S. The zero-order chi connectivity index (χ0) is 20.2. The summed E-state index contributed by atoms with van der Waals surface area (Å²) in [6, 6.07) is 5.08. The van der Waals surface area contributed by atoms with Gasteiger partial charge >= 0.3 is 12.2 Å². The molecule has 1 heterocycles. The van der Waals surface area contributed by atoms with Crippen molar-refractivity contribution in [2.24, 2.45) is 0 Å². The summed E-state index contributed by atoms with van der Waals surface area (Å²) in [7, 11) is 0. The second kappa shape index (κ2) is 8.17. The highest BCUT2D eigenvalue weighted by Crippen LogP contribution is 2.31. The second-order valence-electron chi connectivity index (χ2n) is 6.02. The number of benzene rings is 1. The van der Waals surface area contributed by atoms with Gasteiger partial charge in [-0.1, -0.05) is 23.5 Å². The van der Waals surface area contributed by atoms with Gasteiger partial charge in [0.1, 0.15) is 10.8 Å². The standard InChI is InChI=1S/C16H18F4N4O2S/c1-3-24(9-15(2,26)16(18,19)20)14(25)21-13-23-22-12(27-13)8-10-5-4-6-11(17)7-10/h4-7,26H,3,8-9H2,1-2H3,(H,21,23,25)/t15-/m0/s1. The van der Waals surface area contributed by atoms with Crippen LogP contribution in [0.15, 0.2) is 24.3 Å². The molecule has 1 aromatic heterocycles. The van der Waals surface area contributed by atoms with Crippen LogP contribution in [0.1, 0.15) is 24.4 Å². The van der Waals surface area contributed by atoms with Crippen LogP contribution in [0, 0.1) is 5.82 Å². The lowest BCUT2D eigenvalue weighted by Gasteiger charge is -2.32. The second-order valence-corrected chi connectivity index (χ2v) is 7.09. The number of halogens is 4. The lowest BCUT2D eigenvalue weighted by Crippen LogP contribution is -2.53. The van der Waals surface area contributed by atoms with Crippen LogP contribution in [0.25, 0.3) is 0 Å². The molecule has 0 bridgehead atoms. The molecule has 0 fully saturated rings. The van der Waals surface area contributed by atoms with Gasteiger partial charge in [0.25, 0.3) is 0 Å². The van der Waals surface area contributed by atoms with Crippen LogP contribution in [0.5, 0.6) is 0 Å². The molecule has 2 aromatic rings. The number of likely N-dealkylation sites (N-methyl/N-ethyl adjacent to an activating group) is 1. The van der Waals surface area contributed by atoms with E-state index >= 15 is 0 Å². The minimum Gasteiger partial charge on any atom is -0.379 e. The molecule has 1 aromatic carbocycles. The zero-order valence-corrected chi connectivity index (χ0v) is 15.4. The van der Waals surface area contributed by atoms with E-state index in [1.165, 1.54) is 19.1 Å². The molecule has 0 aliphatic carbocycles. The first-order chi connectivity index (χ1) is 12.5. The number of carbonyl (C=O) groups excluding carboxylic acids is 1. The Labute approximate surface area is 156 Å². The number of aliphatic hydroxyl groups is 1. The predicted octanol–water partition coefficient (Wildman–Crippen LogP) is 3.44. The molecule has 0 spiro atoms. The van der Waals surface area contributed by atoms with Gasteiger partial charge in [0, 0.05) is 13.0 Å². The first kappa shape index (κ1) is 21.0. The van der Waals surface area contributed by atoms with E-state index in [1.807, 2.05) is 0 Å². The topological polar surface area (TPSA) is 78.4 Å². The van der Waals surface area contributed by atoms with E-state index in [2.05, 4.69) is 15.5 Å². The Morgan fingerprint density at radius 3 is 2.63 bits per heavy atom. The number of carbonyl (C=O) groups is 1. The van der Waals surface area contributed by atoms with Crippen molar-refractivity contribution < 1.29 is 27.5 Å². The van der Waals surface area contributed by atoms with Gasteiger partial charge in [-0.15, -0.1) is 10.2 Å². The van der Waals surface area contributed by atoms with E-state index in [4.69, 9.17) is 0 Å². The van der Waals surface area contributed by atoms with Gasteiger partial charge < -0.3 is 10.0 Å². The number of rotatable bonds is 6. The van der Waals surface area contributed by atoms with E-state index < -0.39 is 24.4 Å². The number of nitrogens with one attached hydrogen (secondary N) is 1. The van der Waals surface area contributed by atoms with Crippen molar-refractivity contribution in [1.29, 1.82) is 0 Å². The summed E-state index contributed by atoms with van der Waals surface area (Å²) in [6.07, 6.45) is -4.58. The summed E-state index contributed by atoms with van der Waals surface area (Å²) < 4.78 is 51.6. The zero-order valence-electron chi connectivity index (χ0n) is 14.5. The monoisotopic (exact) mass is 406 g/mol. The number of alkyl halides is 3. The van der Waals surface area contributed by atoms with Crippen LogP contribution >= 0.6 is 11.3 Å². The van der Waals surface area contributed by atoms with Crippen molar-refractivity contribution in [3.8, 4) is 0 Å². The van der Waals surface area contributed by atoms with Crippen LogP contribution in [-0.4, -0.2) is 51.1 Å². The molecule has 148 valence electrons. The molecule has 6 nitrogen and oxygen atoms in total. The number of nitrogens with zero attached hydrogens (tertiary/aromatic N) is 3. The summed E-state index contributed by atoms with van der Waals surface area (Å²) in [5, 5.41) is 20.2. The Morgan fingerprint density at radius 1 is 1.33 bits per heavy atom. The molecule has 2 amide bonds. The number of hydrogen-bond donors (Lipinski definition) is 2. The molecule has 0 saturated carbocycles. The highest BCUT2D eigenvalue weighted by molar-refractivity contribution is 7.15. The van der Waals surface area contributed by atoms with Crippen molar-refractivity contribution in [2.75, 3.05) is 18.4 Å². The third-order valence-corrected chi connectivity index (χ3v) is 4.54. The smallest absolute Gasteiger partial charge is 0.379 e. The number of hydrogen-bond acceptors (Lipinski definition) is 5. The van der Waals surface area contributed by atoms with Crippen molar-refractivity contribution in [3.05, 3.63) is 40.7 Å². The highest BCUT2D eigenvalue weighted by Gasteiger charge is 2.51. The van der Waals surface area contributed by atoms with E-state index in [9.17, 15) is 27.5 Å². The third kappa shape index (κ3) is 5.60. The molecule has 2 N–H and O–H groups in total. The van der Waals surface area contributed by atoms with E-state index in [1.54, 1.807) is 12.1 Å². The fourth-order valence-corrected chi connectivity index (χ4v) is 2.92. The van der Waals surface area contributed by atoms with Gasteiger partial charge in [-0.2, -0.15) is 13.2 Å². The van der Waals surface area contributed by atoms with Crippen LogP contribution in [0.2, 0.25) is 0 Å². The largest absolute Gasteiger partial charge is 0.418 e. The van der Waals surface area contributed by atoms with Gasteiger partial charge in [0.05, 0.1) is 6.54 Å². The van der Waals surface area contributed by atoms with Crippen LogP contribution in [0.4, 0.5) is 27.5 Å². The highest BCUT2D eigenvalue weighted by atomic mass is 32.1. The quantitative estimate of drug-likeness (QED) is 0.721. The average Bonchev–Trinajstić information content (AvgIpc) is 2.98. The molecule has 0 aliphatic heterocycles. The minimum atomic E-state index is -4.87. The fourth-order valence-electron chi connectivity index (χ4n) is 2.16. The van der Waals surface area contributed by atoms with Crippen molar-refractivity contribution in [1.82, 2.24) is 15.1 Å². The molecule has 0 aliphatic rings. The lowest BCUT2D eigenvalue weighted by atomic mass is 10.1. The van der Waals surface area contributed by atoms with Gasteiger partial charge in [0.2, 0.25) is 5.13 Å². The number of amides is 2. The fraction of sp³-hybridized carbons (Fsp3) is 0.438. The summed E-state index contributed by atoms with van der Waals surface area (Å²) >= 11 is 1.03. The predicted molar refractivity (Wildman–Crippen MR) is 92.1 cm³/mol. The number of aromatic nitrogens is 2. The van der Waals surface area contributed by atoms with Gasteiger partial charge in [-0.3, -0.25) is 5.32 Å². The summed E-state index contributed by atoms with van der Waals surface area (Å²) in [5.41, 5.74) is -2.37. The number of urea groups is 1. The van der Waals surface area contributed by atoms with Crippen LogP contribution < -0.4 is 5.32 Å². The molecular weight excluding hydrogens is 388 g/mol. The van der Waals surface area contributed by atoms with Crippen LogP contribution in [0.3, 0.4) is 0 Å². The van der Waals surface area contributed by atoms with E-state index in [-0.39, 0.29) is 17.5 Å². The Morgan fingerprint density at radius 2 is 2.04 bits per heavy atom. The normalized spacial score (nSPS) is 13.9. The molecule has 27 heavy (non-hydrogen) atoms. The summed E-state index contributed by atoms with van der Waals surface area (Å²) in [6.45, 7) is 1.12. The van der Waals surface area contributed by atoms with Crippen molar-refractivity contribution in [2.45, 2.75) is 32.0 Å². The molecule has 0 saturated heterocycles. The molecule has 0 unspecified atom stereocenters. The van der Waals surface area contributed by atoms with Crippen molar-refractivity contribution in [3.63, 3.8) is 0 Å². The lowest BCUT2D eigenvalue weighted by molar-refractivity contribution is -0.255. The van der Waals surface area contributed by atoms with E-state index in [0.29, 0.717) is 23.9 Å². The van der Waals surface area contributed by atoms with Gasteiger partial charge in [-0.25, -0.2) is 9.18 Å². The van der Waals surface area contributed by atoms with Crippen molar-refractivity contribution >= 4 is 22.5 Å². The summed E-state index contributed by atoms with van der Waals surface area (Å²) in [5.74, 6) is -0.388. The first-order valence-corrected chi connectivity index (χ1v) is 8.75. The first-order valence-electron chi connectivity index (χ1n) is 7.93. The SMILES string of the molecule is CCN(C[C@](C)(O)C(F)(F)F)C(=O)Nc1nnc(Cc2cccc(F)c2)s1. The maximum atomic E-state index is 13.2. The maximum Gasteiger partial charge on any atom is 0.418 e. The minimum absolute atomic E-state index is 0.0486. The maximum absolute atomic E-state index is 13.2. The Hall–Kier alpha value is -2.27. The average molecular weight is 406 g/mol. The third-order valence-electron chi connectivity index (χ3n) is 3.70. The Kier molecular flexibility index (Phi) is 6.37. The number of anilines is 1. The molecule has 11 heteroatoms. The van der Waals surface area contributed by atoms with Gasteiger partial charge in [0.15, 0.2) is 5.60 Å².